The van der Waals surface area contributed by atoms with E-state index in [4.69, 9.17) is 0 Å². The SMILES string of the molecule is CC(Nc1nc(NCCNS(C)(=O)=O)cc(Nc2cnccn2)n1)c1ccc(F)cc1. The van der Waals surface area contributed by atoms with E-state index < -0.39 is 10.0 Å². The Balaban J connectivity index is 1.77. The number of rotatable bonds is 10. The van der Waals surface area contributed by atoms with Gasteiger partial charge >= 0.3 is 0 Å². The number of nitrogens with zero attached hydrogens (tertiary/aromatic N) is 4. The first kappa shape index (κ1) is 22.3. The van der Waals surface area contributed by atoms with Crippen molar-refractivity contribution in [2.75, 3.05) is 35.3 Å². The Kier molecular flexibility index (Phi) is 7.26. The van der Waals surface area contributed by atoms with Crippen molar-refractivity contribution in [3.8, 4) is 0 Å². The molecule has 0 spiro atoms. The van der Waals surface area contributed by atoms with Crippen LogP contribution in [0.3, 0.4) is 0 Å². The molecule has 2 heterocycles. The molecule has 0 amide bonds. The summed E-state index contributed by atoms with van der Waals surface area (Å²) >= 11 is 0. The standard InChI is InChI=1S/C19H23FN8O2S/c1-13(14-3-5-15(20)6-4-14)25-19-27-16(22-9-10-24-31(2,29)30)11-17(28-19)26-18-12-21-7-8-23-18/h3-8,11-13,24H,9-10H2,1-2H3,(H3,22,23,25,26,27,28). The lowest BCUT2D eigenvalue weighted by Crippen LogP contribution is -2.27. The van der Waals surface area contributed by atoms with E-state index >= 15 is 0 Å². The van der Waals surface area contributed by atoms with E-state index in [0.29, 0.717) is 29.9 Å². The monoisotopic (exact) mass is 446 g/mol. The van der Waals surface area contributed by atoms with E-state index in [1.807, 2.05) is 6.92 Å². The van der Waals surface area contributed by atoms with Crippen molar-refractivity contribution in [3.05, 3.63) is 60.3 Å². The third-order valence-corrected chi connectivity index (χ3v) is 4.78. The minimum atomic E-state index is -3.27. The highest BCUT2D eigenvalue weighted by molar-refractivity contribution is 7.88. The molecule has 0 fully saturated rings. The van der Waals surface area contributed by atoms with Crippen LogP contribution >= 0.6 is 0 Å². The van der Waals surface area contributed by atoms with Crippen LogP contribution in [0.2, 0.25) is 0 Å². The first-order valence-electron chi connectivity index (χ1n) is 9.41. The van der Waals surface area contributed by atoms with Gasteiger partial charge in [0.25, 0.3) is 0 Å². The van der Waals surface area contributed by atoms with Gasteiger partial charge in [-0.1, -0.05) is 12.1 Å². The van der Waals surface area contributed by atoms with Crippen molar-refractivity contribution in [2.45, 2.75) is 13.0 Å². The summed E-state index contributed by atoms with van der Waals surface area (Å²) in [5.41, 5.74) is 0.865. The van der Waals surface area contributed by atoms with Crippen LogP contribution in [0, 0.1) is 5.82 Å². The van der Waals surface area contributed by atoms with Crippen molar-refractivity contribution in [3.63, 3.8) is 0 Å². The minimum absolute atomic E-state index is 0.188. The summed E-state index contributed by atoms with van der Waals surface area (Å²) in [5, 5.41) is 9.30. The lowest BCUT2D eigenvalue weighted by atomic mass is 10.1. The zero-order valence-corrected chi connectivity index (χ0v) is 17.8. The number of benzene rings is 1. The highest BCUT2D eigenvalue weighted by Crippen LogP contribution is 2.21. The summed E-state index contributed by atoms with van der Waals surface area (Å²) < 4.78 is 38.0. The smallest absolute Gasteiger partial charge is 0.227 e. The van der Waals surface area contributed by atoms with Crippen LogP contribution in [0.15, 0.2) is 48.9 Å². The van der Waals surface area contributed by atoms with Gasteiger partial charge in [-0.05, 0) is 24.6 Å². The highest BCUT2D eigenvalue weighted by Gasteiger charge is 2.11. The molecule has 0 saturated heterocycles. The molecular weight excluding hydrogens is 423 g/mol. The van der Waals surface area contributed by atoms with Gasteiger partial charge in [0.1, 0.15) is 23.3 Å². The predicted molar refractivity (Wildman–Crippen MR) is 117 cm³/mol. The number of hydrogen-bond acceptors (Lipinski definition) is 9. The molecule has 10 nitrogen and oxygen atoms in total. The van der Waals surface area contributed by atoms with Crippen LogP contribution in [0.5, 0.6) is 0 Å². The average Bonchev–Trinajstić information content (AvgIpc) is 2.72. The molecule has 3 aromatic rings. The van der Waals surface area contributed by atoms with Crippen LogP contribution in [0.4, 0.5) is 27.8 Å². The fraction of sp³-hybridized carbons (Fsp3) is 0.263. The zero-order chi connectivity index (χ0) is 22.3. The molecule has 2 aromatic heterocycles. The molecule has 0 aliphatic carbocycles. The van der Waals surface area contributed by atoms with Gasteiger partial charge < -0.3 is 16.0 Å². The molecule has 164 valence electrons. The zero-order valence-electron chi connectivity index (χ0n) is 17.0. The second kappa shape index (κ2) is 10.1. The van der Waals surface area contributed by atoms with Gasteiger partial charge in [-0.15, -0.1) is 0 Å². The largest absolute Gasteiger partial charge is 0.369 e. The van der Waals surface area contributed by atoms with Gasteiger partial charge in [-0.25, -0.2) is 22.5 Å². The summed E-state index contributed by atoms with van der Waals surface area (Å²) in [5.74, 6) is 1.46. The fourth-order valence-corrected chi connectivity index (χ4v) is 3.09. The van der Waals surface area contributed by atoms with Crippen molar-refractivity contribution < 1.29 is 12.8 Å². The second-order valence-electron chi connectivity index (χ2n) is 6.69. The van der Waals surface area contributed by atoms with E-state index in [1.165, 1.54) is 12.1 Å². The maximum atomic E-state index is 13.2. The fourth-order valence-electron chi connectivity index (χ4n) is 2.62. The highest BCUT2D eigenvalue weighted by atomic mass is 32.2. The molecule has 4 N–H and O–H groups in total. The van der Waals surface area contributed by atoms with Crippen LogP contribution in [-0.2, 0) is 10.0 Å². The maximum Gasteiger partial charge on any atom is 0.227 e. The Bertz CT molecular complexity index is 1100. The number of sulfonamides is 1. The molecule has 0 aliphatic heterocycles. The molecule has 1 atom stereocenters. The summed E-state index contributed by atoms with van der Waals surface area (Å²) in [7, 11) is -3.27. The first-order valence-corrected chi connectivity index (χ1v) is 11.3. The molecule has 12 heteroatoms. The summed E-state index contributed by atoms with van der Waals surface area (Å²) in [6.45, 7) is 2.43. The van der Waals surface area contributed by atoms with Crippen molar-refractivity contribution in [2.24, 2.45) is 0 Å². The molecule has 3 rings (SSSR count). The van der Waals surface area contributed by atoms with Gasteiger partial charge in [0.05, 0.1) is 18.5 Å². The molecule has 0 radical (unpaired) electrons. The molecule has 0 bridgehead atoms. The Hall–Kier alpha value is -3.38. The molecule has 1 aromatic carbocycles. The van der Waals surface area contributed by atoms with Gasteiger partial charge in [-0.2, -0.15) is 9.97 Å². The Morgan fingerprint density at radius 2 is 1.77 bits per heavy atom. The first-order chi connectivity index (χ1) is 14.8. The Morgan fingerprint density at radius 3 is 2.45 bits per heavy atom. The van der Waals surface area contributed by atoms with Crippen molar-refractivity contribution in [1.29, 1.82) is 0 Å². The molecular formula is C19H23FN8O2S. The molecule has 0 saturated carbocycles. The van der Waals surface area contributed by atoms with Crippen molar-refractivity contribution in [1.82, 2.24) is 24.7 Å². The molecule has 1 unspecified atom stereocenters. The van der Waals surface area contributed by atoms with E-state index in [1.54, 1.807) is 36.8 Å². The lowest BCUT2D eigenvalue weighted by molar-refractivity contribution is 0.589. The number of nitrogens with one attached hydrogen (secondary N) is 4. The number of halogens is 1. The molecule has 31 heavy (non-hydrogen) atoms. The van der Waals surface area contributed by atoms with E-state index in [0.717, 1.165) is 11.8 Å². The average molecular weight is 447 g/mol. The minimum Gasteiger partial charge on any atom is -0.369 e. The lowest BCUT2D eigenvalue weighted by Gasteiger charge is -2.16. The van der Waals surface area contributed by atoms with Crippen LogP contribution in [-0.4, -0.2) is 47.7 Å². The van der Waals surface area contributed by atoms with E-state index in [2.05, 4.69) is 40.6 Å². The van der Waals surface area contributed by atoms with E-state index in [9.17, 15) is 12.8 Å². The van der Waals surface area contributed by atoms with Gasteiger partial charge in [0, 0.05) is 31.5 Å². The van der Waals surface area contributed by atoms with Gasteiger partial charge in [0.2, 0.25) is 16.0 Å². The summed E-state index contributed by atoms with van der Waals surface area (Å²) in [6, 6.07) is 7.63. The van der Waals surface area contributed by atoms with Crippen LogP contribution in [0.1, 0.15) is 18.5 Å². The van der Waals surface area contributed by atoms with Crippen molar-refractivity contribution >= 4 is 33.4 Å². The normalized spacial score (nSPS) is 12.2. The van der Waals surface area contributed by atoms with E-state index in [-0.39, 0.29) is 18.4 Å². The maximum absolute atomic E-state index is 13.2. The third-order valence-electron chi connectivity index (χ3n) is 4.06. The Morgan fingerprint density at radius 1 is 1.03 bits per heavy atom. The number of anilines is 4. The van der Waals surface area contributed by atoms with Crippen LogP contribution < -0.4 is 20.7 Å². The number of hydrogen-bond donors (Lipinski definition) is 4. The summed E-state index contributed by atoms with van der Waals surface area (Å²) in [6.07, 6.45) is 5.76. The topological polar surface area (TPSA) is 134 Å². The Labute approximate surface area is 179 Å². The predicted octanol–water partition coefficient (Wildman–Crippen LogP) is 2.28. The second-order valence-corrected chi connectivity index (χ2v) is 8.52. The third kappa shape index (κ3) is 7.42. The van der Waals surface area contributed by atoms with Crippen LogP contribution in [0.25, 0.3) is 0 Å². The molecule has 0 aliphatic rings. The van der Waals surface area contributed by atoms with Gasteiger partial charge in [-0.3, -0.25) is 4.98 Å². The number of aromatic nitrogens is 4. The van der Waals surface area contributed by atoms with Gasteiger partial charge in [0.15, 0.2) is 0 Å². The quantitative estimate of drug-likeness (QED) is 0.346. The summed E-state index contributed by atoms with van der Waals surface area (Å²) in [4.78, 5) is 17.1.